The van der Waals surface area contributed by atoms with Gasteiger partial charge >= 0.3 is 0 Å². The number of carbonyl (C=O) groups excluding carboxylic acids is 1. The highest BCUT2D eigenvalue weighted by molar-refractivity contribution is 9.10. The molecule has 2 fully saturated rings. The summed E-state index contributed by atoms with van der Waals surface area (Å²) in [5.74, 6) is 1.55. The van der Waals surface area contributed by atoms with Crippen LogP contribution in [0.1, 0.15) is 12.8 Å². The molecule has 2 saturated heterocycles. The number of carbonyl (C=O) groups is 1. The van der Waals surface area contributed by atoms with Gasteiger partial charge in [-0.25, -0.2) is 4.98 Å². The number of ether oxygens (including phenoxy) is 2. The van der Waals surface area contributed by atoms with Crippen molar-refractivity contribution >= 4 is 27.8 Å². The lowest BCUT2D eigenvalue weighted by Gasteiger charge is -2.35. The fourth-order valence-electron chi connectivity index (χ4n) is 3.01. The molecule has 0 radical (unpaired) electrons. The van der Waals surface area contributed by atoms with Crippen molar-refractivity contribution in [3.63, 3.8) is 0 Å². The van der Waals surface area contributed by atoms with Crippen molar-refractivity contribution < 1.29 is 14.3 Å². The molecule has 8 heteroatoms. The van der Waals surface area contributed by atoms with Gasteiger partial charge in [0.15, 0.2) is 0 Å². The lowest BCUT2D eigenvalue weighted by molar-refractivity contribution is -0.140. The summed E-state index contributed by atoms with van der Waals surface area (Å²) >= 11 is 3.36. The third kappa shape index (κ3) is 3.74. The van der Waals surface area contributed by atoms with Crippen LogP contribution in [0.3, 0.4) is 0 Å². The average Bonchev–Trinajstić information content (AvgIpc) is 2.62. The van der Waals surface area contributed by atoms with E-state index in [9.17, 15) is 4.79 Å². The van der Waals surface area contributed by atoms with Crippen molar-refractivity contribution in [2.45, 2.75) is 12.8 Å². The summed E-state index contributed by atoms with van der Waals surface area (Å²) in [6, 6.07) is 0. The van der Waals surface area contributed by atoms with Gasteiger partial charge in [-0.3, -0.25) is 4.79 Å². The molecule has 1 aromatic rings. The van der Waals surface area contributed by atoms with Crippen LogP contribution in [-0.2, 0) is 9.53 Å². The van der Waals surface area contributed by atoms with Gasteiger partial charge in [-0.05, 0) is 28.8 Å². The average molecular weight is 385 g/mol. The molecule has 126 valence electrons. The zero-order chi connectivity index (χ0) is 16.2. The molecule has 0 N–H and O–H groups in total. The Bertz CT molecular complexity index is 558. The summed E-state index contributed by atoms with van der Waals surface area (Å²) in [6.45, 7) is 4.30. The number of nitrogens with zero attached hydrogens (tertiary/aromatic N) is 4. The Hall–Kier alpha value is -1.41. The molecule has 0 spiro atoms. The summed E-state index contributed by atoms with van der Waals surface area (Å²) in [5, 5.41) is 0. The van der Waals surface area contributed by atoms with Crippen LogP contribution in [0.2, 0.25) is 0 Å². The second-order valence-corrected chi connectivity index (χ2v) is 6.58. The van der Waals surface area contributed by atoms with E-state index in [4.69, 9.17) is 9.47 Å². The third-order valence-corrected chi connectivity index (χ3v) is 4.89. The van der Waals surface area contributed by atoms with Crippen LogP contribution >= 0.6 is 15.9 Å². The number of anilines is 1. The van der Waals surface area contributed by atoms with E-state index in [-0.39, 0.29) is 11.8 Å². The molecule has 1 amide bonds. The van der Waals surface area contributed by atoms with Gasteiger partial charge in [0.1, 0.15) is 0 Å². The smallest absolute Gasteiger partial charge is 0.232 e. The van der Waals surface area contributed by atoms with E-state index in [1.165, 1.54) is 0 Å². The Kier molecular flexibility index (Phi) is 5.32. The van der Waals surface area contributed by atoms with E-state index in [1.807, 2.05) is 4.90 Å². The highest BCUT2D eigenvalue weighted by Crippen LogP contribution is 2.27. The van der Waals surface area contributed by atoms with Crippen molar-refractivity contribution in [1.82, 2.24) is 14.9 Å². The van der Waals surface area contributed by atoms with Crippen LogP contribution < -0.4 is 9.64 Å². The summed E-state index contributed by atoms with van der Waals surface area (Å²) in [7, 11) is 1.59. The van der Waals surface area contributed by atoms with Gasteiger partial charge in [0.2, 0.25) is 17.7 Å². The molecule has 2 aliphatic rings. The van der Waals surface area contributed by atoms with Gasteiger partial charge in [0, 0.05) is 32.1 Å². The first-order valence-electron chi connectivity index (χ1n) is 7.87. The molecule has 23 heavy (non-hydrogen) atoms. The number of aromatic nitrogens is 2. The second kappa shape index (κ2) is 7.44. The highest BCUT2D eigenvalue weighted by Gasteiger charge is 2.30. The summed E-state index contributed by atoms with van der Waals surface area (Å²) < 4.78 is 11.3. The molecule has 0 aromatic carbocycles. The van der Waals surface area contributed by atoms with Gasteiger partial charge in [-0.1, -0.05) is 0 Å². The highest BCUT2D eigenvalue weighted by atomic mass is 79.9. The number of amides is 1. The summed E-state index contributed by atoms with van der Waals surface area (Å²) in [6.07, 6.45) is 3.36. The maximum atomic E-state index is 12.5. The van der Waals surface area contributed by atoms with Crippen LogP contribution in [0.25, 0.3) is 0 Å². The second-order valence-electron chi connectivity index (χ2n) is 5.73. The molecule has 0 bridgehead atoms. The van der Waals surface area contributed by atoms with E-state index < -0.39 is 0 Å². The van der Waals surface area contributed by atoms with E-state index >= 15 is 0 Å². The van der Waals surface area contributed by atoms with Crippen molar-refractivity contribution in [3.8, 4) is 5.88 Å². The minimum absolute atomic E-state index is 0.0988. The van der Waals surface area contributed by atoms with E-state index in [0.717, 1.165) is 30.4 Å². The predicted molar refractivity (Wildman–Crippen MR) is 88.6 cm³/mol. The van der Waals surface area contributed by atoms with Gasteiger partial charge < -0.3 is 19.3 Å². The molecule has 3 heterocycles. The van der Waals surface area contributed by atoms with Gasteiger partial charge in [-0.15, -0.1) is 0 Å². The number of halogens is 1. The van der Waals surface area contributed by atoms with Crippen LogP contribution in [0.15, 0.2) is 10.7 Å². The van der Waals surface area contributed by atoms with Crippen molar-refractivity contribution in [3.05, 3.63) is 10.7 Å². The number of hydrogen-bond acceptors (Lipinski definition) is 6. The minimum atomic E-state index is 0.0988. The maximum absolute atomic E-state index is 12.5. The zero-order valence-electron chi connectivity index (χ0n) is 13.2. The van der Waals surface area contributed by atoms with Gasteiger partial charge in [0.25, 0.3) is 0 Å². The third-order valence-electron chi connectivity index (χ3n) is 4.34. The Morgan fingerprint density at radius 3 is 2.65 bits per heavy atom. The van der Waals surface area contributed by atoms with Crippen molar-refractivity contribution in [2.24, 2.45) is 5.92 Å². The predicted octanol–water partition coefficient (Wildman–Crippen LogP) is 1.32. The van der Waals surface area contributed by atoms with E-state index in [2.05, 4.69) is 30.8 Å². The number of hydrogen-bond donors (Lipinski definition) is 0. The molecule has 0 atom stereocenters. The van der Waals surface area contributed by atoms with E-state index in [1.54, 1.807) is 13.3 Å². The van der Waals surface area contributed by atoms with Crippen molar-refractivity contribution in [1.29, 1.82) is 0 Å². The fourth-order valence-corrected chi connectivity index (χ4v) is 3.36. The molecule has 0 aliphatic carbocycles. The molecule has 7 nitrogen and oxygen atoms in total. The van der Waals surface area contributed by atoms with E-state index in [0.29, 0.717) is 38.1 Å². The first-order chi connectivity index (χ1) is 11.2. The summed E-state index contributed by atoms with van der Waals surface area (Å²) in [4.78, 5) is 25.3. The number of piperidine rings is 1. The zero-order valence-corrected chi connectivity index (χ0v) is 14.8. The Morgan fingerprint density at radius 2 is 2.00 bits per heavy atom. The molecule has 3 rings (SSSR count). The Labute approximate surface area is 144 Å². The molecule has 2 aliphatic heterocycles. The number of morpholine rings is 1. The number of methoxy groups -OCH3 is 1. The largest absolute Gasteiger partial charge is 0.480 e. The minimum Gasteiger partial charge on any atom is -0.480 e. The SMILES string of the molecule is COc1nc(N2CCC(C(=O)N3CCOCC3)CC2)ncc1Br. The van der Waals surface area contributed by atoms with Crippen LogP contribution in [0.5, 0.6) is 5.88 Å². The Balaban J connectivity index is 1.58. The molecule has 0 saturated carbocycles. The number of rotatable bonds is 3. The van der Waals surface area contributed by atoms with Gasteiger partial charge in [0.05, 0.1) is 31.0 Å². The van der Waals surface area contributed by atoms with Crippen LogP contribution in [0.4, 0.5) is 5.95 Å². The standard InChI is InChI=1S/C15H21BrN4O3/c1-22-13-12(16)10-17-15(18-13)20-4-2-11(3-5-20)14(21)19-6-8-23-9-7-19/h10-11H,2-9H2,1H3. The lowest BCUT2D eigenvalue weighted by Crippen LogP contribution is -2.47. The van der Waals surface area contributed by atoms with Crippen LogP contribution in [-0.4, -0.2) is 67.3 Å². The topological polar surface area (TPSA) is 67.8 Å². The molecular formula is C15H21BrN4O3. The maximum Gasteiger partial charge on any atom is 0.232 e. The monoisotopic (exact) mass is 384 g/mol. The first-order valence-corrected chi connectivity index (χ1v) is 8.66. The van der Waals surface area contributed by atoms with Gasteiger partial charge in [-0.2, -0.15) is 4.98 Å². The fraction of sp³-hybridized carbons (Fsp3) is 0.667. The normalized spacial score (nSPS) is 19.7. The summed E-state index contributed by atoms with van der Waals surface area (Å²) in [5.41, 5.74) is 0. The first kappa shape index (κ1) is 16.4. The molecule has 0 unspecified atom stereocenters. The van der Waals surface area contributed by atoms with Crippen molar-refractivity contribution in [2.75, 3.05) is 51.4 Å². The lowest BCUT2D eigenvalue weighted by atomic mass is 9.95. The van der Waals surface area contributed by atoms with Crippen LogP contribution in [0, 0.1) is 5.92 Å². The molecular weight excluding hydrogens is 364 g/mol. The quantitative estimate of drug-likeness (QED) is 0.782. The molecule has 1 aromatic heterocycles. The Morgan fingerprint density at radius 1 is 1.30 bits per heavy atom.